The minimum absolute atomic E-state index is 0.418. The smallest absolute Gasteiger partial charge is 0.223 e. The van der Waals surface area contributed by atoms with Gasteiger partial charge >= 0.3 is 0 Å². The van der Waals surface area contributed by atoms with Crippen LogP contribution in [0, 0.1) is 5.92 Å². The molecule has 2 fully saturated rings. The van der Waals surface area contributed by atoms with Crippen molar-refractivity contribution in [3.8, 4) is 0 Å². The molecule has 0 radical (unpaired) electrons. The van der Waals surface area contributed by atoms with Crippen LogP contribution in [0.5, 0.6) is 0 Å². The second kappa shape index (κ2) is 6.55. The fourth-order valence-corrected chi connectivity index (χ4v) is 3.56. The number of likely N-dealkylation sites (tertiary alicyclic amines) is 2. The van der Waals surface area contributed by atoms with E-state index in [0.717, 1.165) is 25.9 Å². The Labute approximate surface area is 112 Å². The van der Waals surface area contributed by atoms with Crippen molar-refractivity contribution in [3.05, 3.63) is 0 Å². The molecule has 0 spiro atoms. The maximum absolute atomic E-state index is 12.4. The summed E-state index contributed by atoms with van der Waals surface area (Å²) in [5.41, 5.74) is 0. The third kappa shape index (κ3) is 3.47. The summed E-state index contributed by atoms with van der Waals surface area (Å²) in [6.45, 7) is 5.52. The van der Waals surface area contributed by atoms with E-state index in [1.165, 1.54) is 38.6 Å². The molecule has 2 unspecified atom stereocenters. The summed E-state index contributed by atoms with van der Waals surface area (Å²) in [4.78, 5) is 17.0. The minimum atomic E-state index is 0.418. The van der Waals surface area contributed by atoms with Gasteiger partial charge in [-0.25, -0.2) is 0 Å². The van der Waals surface area contributed by atoms with E-state index in [9.17, 15) is 4.79 Å². The van der Waals surface area contributed by atoms with E-state index >= 15 is 0 Å². The van der Waals surface area contributed by atoms with Gasteiger partial charge in [0.1, 0.15) is 0 Å². The first-order chi connectivity index (χ1) is 8.70. The van der Waals surface area contributed by atoms with Gasteiger partial charge in [0, 0.05) is 25.6 Å². The Morgan fingerprint density at radius 3 is 2.72 bits per heavy atom. The molecule has 0 bridgehead atoms. The van der Waals surface area contributed by atoms with E-state index in [4.69, 9.17) is 0 Å². The Morgan fingerprint density at radius 2 is 2.00 bits per heavy atom. The molecule has 2 heterocycles. The predicted octanol–water partition coefficient (Wildman–Crippen LogP) is 2.51. The standard InChI is InChI=1S/C15H28N2O/c1-3-14-8-4-5-10-17(14)15(18)11-13-7-6-9-16(2)12-13/h13-14H,3-12H2,1-2H3. The zero-order chi connectivity index (χ0) is 13.0. The number of carbonyl (C=O) groups is 1. The summed E-state index contributed by atoms with van der Waals surface area (Å²) in [5.74, 6) is 1.01. The Morgan fingerprint density at radius 1 is 1.17 bits per heavy atom. The van der Waals surface area contributed by atoms with E-state index in [-0.39, 0.29) is 0 Å². The largest absolute Gasteiger partial charge is 0.340 e. The van der Waals surface area contributed by atoms with Crippen molar-refractivity contribution in [2.24, 2.45) is 5.92 Å². The summed E-state index contributed by atoms with van der Waals surface area (Å²) in [7, 11) is 2.17. The van der Waals surface area contributed by atoms with Crippen LogP contribution in [0.25, 0.3) is 0 Å². The van der Waals surface area contributed by atoms with E-state index < -0.39 is 0 Å². The van der Waals surface area contributed by atoms with Gasteiger partial charge in [-0.05, 0) is 58.0 Å². The Hall–Kier alpha value is -0.570. The number of carbonyl (C=O) groups excluding carboxylic acids is 1. The van der Waals surface area contributed by atoms with Crippen LogP contribution in [0.1, 0.15) is 51.9 Å². The average molecular weight is 252 g/mol. The van der Waals surface area contributed by atoms with E-state index in [1.807, 2.05) is 0 Å². The summed E-state index contributed by atoms with van der Waals surface area (Å²) in [6, 6.07) is 0.521. The van der Waals surface area contributed by atoms with Gasteiger partial charge in [0.15, 0.2) is 0 Å². The highest BCUT2D eigenvalue weighted by atomic mass is 16.2. The predicted molar refractivity (Wildman–Crippen MR) is 74.5 cm³/mol. The molecular formula is C15H28N2O. The highest BCUT2D eigenvalue weighted by Crippen LogP contribution is 2.24. The van der Waals surface area contributed by atoms with Gasteiger partial charge in [-0.1, -0.05) is 6.92 Å². The quantitative estimate of drug-likeness (QED) is 0.770. The SMILES string of the molecule is CCC1CCCCN1C(=O)CC1CCCN(C)C1. The summed E-state index contributed by atoms with van der Waals surface area (Å²) >= 11 is 0. The minimum Gasteiger partial charge on any atom is -0.340 e. The molecule has 3 heteroatoms. The molecule has 0 saturated carbocycles. The summed E-state index contributed by atoms with van der Waals surface area (Å²) in [6.07, 6.45) is 8.11. The number of nitrogens with zero attached hydrogens (tertiary/aromatic N) is 2. The van der Waals surface area contributed by atoms with Crippen LogP contribution in [0.2, 0.25) is 0 Å². The lowest BCUT2D eigenvalue weighted by Crippen LogP contribution is -2.45. The molecule has 0 N–H and O–H groups in total. The number of hydrogen-bond donors (Lipinski definition) is 0. The van der Waals surface area contributed by atoms with Crippen molar-refractivity contribution in [1.29, 1.82) is 0 Å². The molecule has 0 aromatic carbocycles. The number of hydrogen-bond acceptors (Lipinski definition) is 2. The van der Waals surface area contributed by atoms with Gasteiger partial charge < -0.3 is 9.80 Å². The molecular weight excluding hydrogens is 224 g/mol. The van der Waals surface area contributed by atoms with Gasteiger partial charge in [0.2, 0.25) is 5.91 Å². The van der Waals surface area contributed by atoms with Crippen LogP contribution in [0.15, 0.2) is 0 Å². The van der Waals surface area contributed by atoms with Crippen LogP contribution >= 0.6 is 0 Å². The third-order valence-electron chi connectivity index (χ3n) is 4.60. The van der Waals surface area contributed by atoms with Crippen LogP contribution in [-0.4, -0.2) is 48.4 Å². The second-order valence-corrected chi connectivity index (χ2v) is 6.12. The van der Waals surface area contributed by atoms with Gasteiger partial charge in [-0.15, -0.1) is 0 Å². The fourth-order valence-electron chi connectivity index (χ4n) is 3.56. The van der Waals surface area contributed by atoms with Crippen molar-refractivity contribution >= 4 is 5.91 Å². The fraction of sp³-hybridized carbons (Fsp3) is 0.933. The lowest BCUT2D eigenvalue weighted by Gasteiger charge is -2.37. The number of rotatable bonds is 3. The molecule has 104 valence electrons. The lowest BCUT2D eigenvalue weighted by atomic mass is 9.93. The van der Waals surface area contributed by atoms with Crippen LogP contribution < -0.4 is 0 Å². The summed E-state index contributed by atoms with van der Waals surface area (Å²) in [5, 5.41) is 0. The Balaban J connectivity index is 1.85. The molecule has 2 atom stereocenters. The zero-order valence-corrected chi connectivity index (χ0v) is 12.0. The van der Waals surface area contributed by atoms with Gasteiger partial charge in [0.25, 0.3) is 0 Å². The normalized spacial score (nSPS) is 30.4. The number of piperidine rings is 2. The maximum Gasteiger partial charge on any atom is 0.223 e. The molecule has 18 heavy (non-hydrogen) atoms. The first-order valence-electron chi connectivity index (χ1n) is 7.68. The van der Waals surface area contributed by atoms with E-state index in [2.05, 4.69) is 23.8 Å². The highest BCUT2D eigenvalue weighted by molar-refractivity contribution is 5.77. The highest BCUT2D eigenvalue weighted by Gasteiger charge is 2.28. The monoisotopic (exact) mass is 252 g/mol. The van der Waals surface area contributed by atoms with Crippen molar-refractivity contribution in [3.63, 3.8) is 0 Å². The van der Waals surface area contributed by atoms with Crippen molar-refractivity contribution in [1.82, 2.24) is 9.80 Å². The lowest BCUT2D eigenvalue weighted by molar-refractivity contribution is -0.136. The Bertz CT molecular complexity index is 280. The molecule has 2 saturated heterocycles. The Kier molecular flexibility index (Phi) is 5.04. The van der Waals surface area contributed by atoms with Gasteiger partial charge in [-0.2, -0.15) is 0 Å². The molecule has 0 aromatic rings. The molecule has 2 rings (SSSR count). The molecule has 0 aliphatic carbocycles. The maximum atomic E-state index is 12.4. The van der Waals surface area contributed by atoms with Crippen LogP contribution in [-0.2, 0) is 4.79 Å². The first-order valence-corrected chi connectivity index (χ1v) is 7.68. The topological polar surface area (TPSA) is 23.6 Å². The van der Waals surface area contributed by atoms with Gasteiger partial charge in [0.05, 0.1) is 0 Å². The second-order valence-electron chi connectivity index (χ2n) is 6.12. The average Bonchev–Trinajstić information content (AvgIpc) is 2.38. The molecule has 1 amide bonds. The first kappa shape index (κ1) is 13.9. The van der Waals surface area contributed by atoms with Gasteiger partial charge in [-0.3, -0.25) is 4.79 Å². The van der Waals surface area contributed by atoms with E-state index in [0.29, 0.717) is 17.9 Å². The van der Waals surface area contributed by atoms with Crippen LogP contribution in [0.4, 0.5) is 0 Å². The zero-order valence-electron chi connectivity index (χ0n) is 12.0. The third-order valence-corrected chi connectivity index (χ3v) is 4.60. The van der Waals surface area contributed by atoms with Crippen molar-refractivity contribution in [2.75, 3.05) is 26.7 Å². The van der Waals surface area contributed by atoms with Crippen LogP contribution in [0.3, 0.4) is 0 Å². The number of amides is 1. The molecule has 2 aliphatic heterocycles. The molecule has 3 nitrogen and oxygen atoms in total. The van der Waals surface area contributed by atoms with Crippen molar-refractivity contribution in [2.45, 2.75) is 57.9 Å². The molecule has 0 aromatic heterocycles. The van der Waals surface area contributed by atoms with Crippen molar-refractivity contribution < 1.29 is 4.79 Å². The van der Waals surface area contributed by atoms with E-state index in [1.54, 1.807) is 0 Å². The summed E-state index contributed by atoms with van der Waals surface area (Å²) < 4.78 is 0. The molecule has 2 aliphatic rings.